The third kappa shape index (κ3) is 14.4. The maximum atomic E-state index is 4.86. The summed E-state index contributed by atoms with van der Waals surface area (Å²) in [6.45, 7) is 12.9. The first-order valence-corrected chi connectivity index (χ1v) is 11.4. The summed E-state index contributed by atoms with van der Waals surface area (Å²) in [6, 6.07) is 1.36. The SMILES string of the molecule is C=C[SiH2]CC(C)CC(=NCCCCCC)NCCCCCC. The number of nitrogens with one attached hydrogen (secondary N) is 1. The Balaban J connectivity index is 4.11. The molecule has 22 heavy (non-hydrogen) atoms. The molecule has 1 unspecified atom stereocenters. The van der Waals surface area contributed by atoms with Gasteiger partial charge in [0, 0.05) is 29.0 Å². The van der Waals surface area contributed by atoms with E-state index < -0.39 is 0 Å². The lowest BCUT2D eigenvalue weighted by atomic mass is 10.1. The molecule has 0 aliphatic heterocycles. The van der Waals surface area contributed by atoms with Crippen molar-refractivity contribution < 1.29 is 0 Å². The fraction of sp³-hybridized carbons (Fsp3) is 0.842. The van der Waals surface area contributed by atoms with Crippen LogP contribution in [0.25, 0.3) is 0 Å². The van der Waals surface area contributed by atoms with E-state index in [0.29, 0.717) is 0 Å². The van der Waals surface area contributed by atoms with Crippen LogP contribution in [0.1, 0.15) is 78.6 Å². The van der Waals surface area contributed by atoms with Crippen molar-refractivity contribution in [2.75, 3.05) is 13.1 Å². The number of hydrogen-bond acceptors (Lipinski definition) is 1. The van der Waals surface area contributed by atoms with Crippen molar-refractivity contribution in [2.45, 2.75) is 84.6 Å². The second-order valence-corrected chi connectivity index (χ2v) is 8.28. The molecular weight excluding hydrogens is 284 g/mol. The Morgan fingerprint density at radius 1 is 1.09 bits per heavy atom. The minimum absolute atomic E-state index is 0.0485. The van der Waals surface area contributed by atoms with E-state index in [1.54, 1.807) is 0 Å². The largest absolute Gasteiger partial charge is 0.374 e. The maximum Gasteiger partial charge on any atom is 0.0965 e. The van der Waals surface area contributed by atoms with Gasteiger partial charge < -0.3 is 5.32 Å². The molecule has 0 spiro atoms. The molecule has 1 atom stereocenters. The fourth-order valence-corrected chi connectivity index (χ4v) is 3.57. The summed E-state index contributed by atoms with van der Waals surface area (Å²) in [5.41, 5.74) is 2.16. The zero-order chi connectivity index (χ0) is 16.5. The van der Waals surface area contributed by atoms with Gasteiger partial charge in [0.2, 0.25) is 0 Å². The van der Waals surface area contributed by atoms with Crippen LogP contribution in [-0.2, 0) is 0 Å². The summed E-state index contributed by atoms with van der Waals surface area (Å²) in [5.74, 6) is 2.01. The summed E-state index contributed by atoms with van der Waals surface area (Å²) in [5, 5.41) is 3.62. The Morgan fingerprint density at radius 2 is 1.77 bits per heavy atom. The van der Waals surface area contributed by atoms with Crippen LogP contribution in [0.3, 0.4) is 0 Å². The van der Waals surface area contributed by atoms with E-state index in [4.69, 9.17) is 4.99 Å². The number of rotatable bonds is 15. The van der Waals surface area contributed by atoms with E-state index in [9.17, 15) is 0 Å². The van der Waals surface area contributed by atoms with Crippen LogP contribution in [0.2, 0.25) is 6.04 Å². The highest BCUT2D eigenvalue weighted by molar-refractivity contribution is 6.41. The molecule has 0 saturated heterocycles. The fourth-order valence-electron chi connectivity index (χ4n) is 2.56. The first-order chi connectivity index (χ1) is 10.7. The van der Waals surface area contributed by atoms with Gasteiger partial charge >= 0.3 is 0 Å². The summed E-state index contributed by atoms with van der Waals surface area (Å²) in [4.78, 5) is 4.86. The zero-order valence-electron chi connectivity index (χ0n) is 15.5. The van der Waals surface area contributed by atoms with Crippen molar-refractivity contribution in [3.05, 3.63) is 12.3 Å². The van der Waals surface area contributed by atoms with E-state index >= 15 is 0 Å². The number of hydrogen-bond donors (Lipinski definition) is 1. The van der Waals surface area contributed by atoms with E-state index in [0.717, 1.165) is 25.4 Å². The maximum absolute atomic E-state index is 4.86. The molecule has 0 aromatic carbocycles. The first kappa shape index (κ1) is 21.4. The minimum Gasteiger partial charge on any atom is -0.374 e. The molecule has 0 radical (unpaired) electrons. The van der Waals surface area contributed by atoms with Gasteiger partial charge in [-0.15, -0.1) is 12.3 Å². The third-order valence-corrected chi connectivity index (χ3v) is 5.81. The third-order valence-electron chi connectivity index (χ3n) is 4.08. The van der Waals surface area contributed by atoms with E-state index in [2.05, 4.69) is 38.4 Å². The van der Waals surface area contributed by atoms with Crippen molar-refractivity contribution in [1.82, 2.24) is 5.32 Å². The van der Waals surface area contributed by atoms with Crippen molar-refractivity contribution in [2.24, 2.45) is 10.9 Å². The van der Waals surface area contributed by atoms with Gasteiger partial charge in [-0.05, 0) is 18.8 Å². The monoisotopic (exact) mass is 324 g/mol. The van der Waals surface area contributed by atoms with Gasteiger partial charge in [0.15, 0.2) is 0 Å². The Hall–Kier alpha value is -0.573. The molecule has 0 amide bonds. The van der Waals surface area contributed by atoms with Gasteiger partial charge in [-0.3, -0.25) is 4.99 Å². The van der Waals surface area contributed by atoms with Crippen LogP contribution in [0, 0.1) is 5.92 Å². The molecule has 0 aromatic rings. The van der Waals surface area contributed by atoms with E-state index in [-0.39, 0.29) is 9.52 Å². The molecule has 0 saturated carbocycles. The van der Waals surface area contributed by atoms with Crippen LogP contribution in [0.15, 0.2) is 17.3 Å². The standard InChI is InChI=1S/C19H40N2Si/c1-5-8-10-12-14-20-19(16-18(4)17-22-7-3)21-15-13-11-9-6-2/h7,18H,3,5-6,8-17,22H2,1-2,4H3,(H,20,21). The van der Waals surface area contributed by atoms with Crippen LogP contribution < -0.4 is 5.32 Å². The average Bonchev–Trinajstić information content (AvgIpc) is 2.52. The Bertz CT molecular complexity index is 277. The van der Waals surface area contributed by atoms with Crippen molar-refractivity contribution in [1.29, 1.82) is 0 Å². The molecule has 0 aliphatic rings. The molecule has 1 N–H and O–H groups in total. The summed E-state index contributed by atoms with van der Waals surface area (Å²) in [6.07, 6.45) is 11.6. The highest BCUT2D eigenvalue weighted by atomic mass is 28.2. The minimum atomic E-state index is -0.0485. The lowest BCUT2D eigenvalue weighted by Crippen LogP contribution is -2.27. The van der Waals surface area contributed by atoms with Gasteiger partial charge in [-0.25, -0.2) is 0 Å². The van der Waals surface area contributed by atoms with Gasteiger partial charge in [-0.2, -0.15) is 0 Å². The molecule has 0 rings (SSSR count). The van der Waals surface area contributed by atoms with Gasteiger partial charge in [0.25, 0.3) is 0 Å². The average molecular weight is 325 g/mol. The van der Waals surface area contributed by atoms with Crippen molar-refractivity contribution in [3.8, 4) is 0 Å². The lowest BCUT2D eigenvalue weighted by Gasteiger charge is -2.15. The van der Waals surface area contributed by atoms with Crippen LogP contribution in [-0.4, -0.2) is 28.4 Å². The van der Waals surface area contributed by atoms with Crippen molar-refractivity contribution in [3.63, 3.8) is 0 Å². The molecule has 0 bridgehead atoms. The van der Waals surface area contributed by atoms with E-state index in [1.807, 2.05) is 0 Å². The second kappa shape index (κ2) is 16.8. The molecule has 130 valence electrons. The lowest BCUT2D eigenvalue weighted by molar-refractivity contribution is 0.625. The van der Waals surface area contributed by atoms with Gasteiger partial charge in [0.1, 0.15) is 0 Å². The summed E-state index contributed by atoms with van der Waals surface area (Å²) < 4.78 is 0. The van der Waals surface area contributed by atoms with Crippen LogP contribution >= 0.6 is 0 Å². The van der Waals surface area contributed by atoms with Gasteiger partial charge in [0.05, 0.1) is 5.84 Å². The predicted molar refractivity (Wildman–Crippen MR) is 106 cm³/mol. The molecule has 3 heteroatoms. The van der Waals surface area contributed by atoms with Crippen LogP contribution in [0.5, 0.6) is 0 Å². The number of nitrogens with zero attached hydrogens (tertiary/aromatic N) is 1. The quantitative estimate of drug-likeness (QED) is 0.197. The molecule has 0 fully saturated rings. The predicted octanol–water partition coefficient (Wildman–Crippen LogP) is 4.89. The Kier molecular flexibility index (Phi) is 16.4. The van der Waals surface area contributed by atoms with Gasteiger partial charge in [-0.1, -0.05) is 65.3 Å². The topological polar surface area (TPSA) is 24.4 Å². The Labute approximate surface area is 142 Å². The molecule has 2 nitrogen and oxygen atoms in total. The summed E-state index contributed by atoms with van der Waals surface area (Å²) in [7, 11) is -0.0485. The summed E-state index contributed by atoms with van der Waals surface area (Å²) >= 11 is 0. The molecule has 0 heterocycles. The molecular formula is C19H40N2Si. The first-order valence-electron chi connectivity index (χ1n) is 9.62. The normalized spacial score (nSPS) is 13.7. The Morgan fingerprint density at radius 3 is 2.41 bits per heavy atom. The van der Waals surface area contributed by atoms with Crippen molar-refractivity contribution >= 4 is 15.4 Å². The van der Waals surface area contributed by atoms with E-state index in [1.165, 1.54) is 63.2 Å². The highest BCUT2D eigenvalue weighted by Gasteiger charge is 2.06. The smallest absolute Gasteiger partial charge is 0.0965 e. The molecule has 0 aliphatic carbocycles. The molecule has 0 aromatic heterocycles. The number of unbranched alkanes of at least 4 members (excludes halogenated alkanes) is 6. The number of amidine groups is 1. The number of aliphatic imine (C=N–C) groups is 1. The highest BCUT2D eigenvalue weighted by Crippen LogP contribution is 2.09. The second-order valence-electron chi connectivity index (χ2n) is 6.55. The zero-order valence-corrected chi connectivity index (χ0v) is 16.9. The van der Waals surface area contributed by atoms with Crippen LogP contribution in [0.4, 0.5) is 0 Å².